The maximum atomic E-state index is 13.7. The van der Waals surface area contributed by atoms with Gasteiger partial charge in [0.05, 0.1) is 41.6 Å². The van der Waals surface area contributed by atoms with Gasteiger partial charge in [0.15, 0.2) is 60.3 Å². The number of carboxylic acids is 1. The van der Waals surface area contributed by atoms with E-state index in [9.17, 15) is 122 Å². The topological polar surface area (TPSA) is 687 Å². The van der Waals surface area contributed by atoms with Crippen molar-refractivity contribution in [2.75, 3.05) is 20.3 Å². The average Bonchev–Trinajstić information content (AvgIpc) is 0.764. The van der Waals surface area contributed by atoms with Gasteiger partial charge < -0.3 is 176 Å². The second-order valence-corrected chi connectivity index (χ2v) is 31.7. The lowest BCUT2D eigenvalue weighted by molar-refractivity contribution is -0.312. The van der Waals surface area contributed by atoms with Crippen LogP contribution in [0.15, 0.2) is 157 Å². The Hall–Kier alpha value is -11.0. The minimum Gasteiger partial charge on any atom is -0.508 e. The van der Waals surface area contributed by atoms with E-state index in [-0.39, 0.29) is 45.7 Å². The van der Waals surface area contributed by atoms with Crippen molar-refractivity contribution >= 4 is 64.6 Å². The third-order valence-corrected chi connectivity index (χ3v) is 23.0. The number of phenols is 4. The maximum absolute atomic E-state index is 13.7. The van der Waals surface area contributed by atoms with E-state index in [1.54, 1.807) is 0 Å². The molecule has 0 saturated carbocycles. The van der Waals surface area contributed by atoms with E-state index >= 15 is 0 Å². The third-order valence-electron chi connectivity index (χ3n) is 22.4. The fourth-order valence-corrected chi connectivity index (χ4v) is 15.9. The predicted octanol–water partition coefficient (Wildman–Crippen LogP) is 3.32. The number of aliphatic hydroxyl groups is 18. The van der Waals surface area contributed by atoms with Gasteiger partial charge in [-0.05, 0) is 133 Å². The van der Waals surface area contributed by atoms with Crippen LogP contribution in [0.1, 0.15) is 102 Å². The molecule has 26 N–H and O–H groups in total. The summed E-state index contributed by atoms with van der Waals surface area (Å²) in [4.78, 5) is 41.0. The fraction of sp³-hybridized carbons (Fsp3) is 0.410. The zero-order valence-corrected chi connectivity index (χ0v) is 68.2. The Bertz CT molecular complexity index is 5370. The number of aliphatic imine (C=N–C) groups is 6. The number of nitrogens with two attached hydrogens (primary N) is 1. The van der Waals surface area contributed by atoms with E-state index in [2.05, 4.69) is 35.3 Å². The number of benzene rings is 7. The number of carboxylic acid groups (broad SMARTS) is 1. The van der Waals surface area contributed by atoms with E-state index in [0.29, 0.717) is 0 Å². The SMILES string of the molecule is CN[C@@H](C(O)=N[C@H]1C(O)=N[C@@H](c2ccc(O)c(Cl)c2)C(O)=N[C@H]2C(O)=N[C@H]3C(O)=N[C@H](C(O)=N[C@@H](C(=O)O)c4cc(O)cc(O)c4-c4cc3ccc4O)[C@H](OC3CC(N)C(O)C(C)O3)c3ccc(c(Cl)c3)Oc3cc2cc(c3OC2OC(CO)C(O)C(O)C2O)Oc2ccc(cc2)[C@H]1OC1OC(CO)C(O)C(O)C1O)c1ccc(OC2OC(C)C(O)C(O)C2O)cc1. The first-order valence-corrected chi connectivity index (χ1v) is 40.1. The van der Waals surface area contributed by atoms with E-state index in [4.69, 9.17) is 76.3 Å². The summed E-state index contributed by atoms with van der Waals surface area (Å²) in [5, 5.41) is 270. The zero-order valence-electron chi connectivity index (χ0n) is 66.7. The van der Waals surface area contributed by atoms with Crippen LogP contribution in [-0.2, 0) is 33.2 Å². The number of aliphatic hydroxyl groups excluding tert-OH is 18. The number of aromatic hydroxyl groups is 4. The highest BCUT2D eigenvalue weighted by Crippen LogP contribution is 2.51. The molecule has 7 aromatic carbocycles. The van der Waals surface area contributed by atoms with Crippen LogP contribution in [0.3, 0.4) is 0 Å². The second-order valence-electron chi connectivity index (χ2n) is 30.9. The van der Waals surface area contributed by atoms with Crippen molar-refractivity contribution in [1.82, 2.24) is 5.32 Å². The van der Waals surface area contributed by atoms with Crippen molar-refractivity contribution in [3.63, 3.8) is 0 Å². The van der Waals surface area contributed by atoms with Gasteiger partial charge in [0, 0.05) is 35.2 Å². The van der Waals surface area contributed by atoms with Gasteiger partial charge >= 0.3 is 5.97 Å². The number of aliphatic carboxylic acids is 1. The van der Waals surface area contributed by atoms with E-state index in [1.165, 1.54) is 81.6 Å². The number of likely N-dealkylation sites (N-methyl/N-ethyl adjacent to an activating group) is 1. The number of halogens is 2. The van der Waals surface area contributed by atoms with Gasteiger partial charge in [-0.3, -0.25) is 0 Å². The minimum absolute atomic E-state index is 0.0226. The van der Waals surface area contributed by atoms with E-state index < -0.39 is 304 Å². The largest absolute Gasteiger partial charge is 0.508 e. The lowest BCUT2D eigenvalue weighted by Crippen LogP contribution is -2.60. The summed E-state index contributed by atoms with van der Waals surface area (Å²) >= 11 is 14.0. The zero-order chi connectivity index (χ0) is 91.3. The molecule has 0 amide bonds. The van der Waals surface area contributed by atoms with Gasteiger partial charge in [-0.15, -0.1) is 0 Å². The summed E-state index contributed by atoms with van der Waals surface area (Å²) in [7, 11) is 1.37. The Kier molecular flexibility index (Phi) is 27.7. The first-order chi connectivity index (χ1) is 60.4. The first-order valence-electron chi connectivity index (χ1n) is 39.4. The first kappa shape index (κ1) is 92.2. The molecule has 16 rings (SSSR count). The molecule has 0 aromatic heterocycles. The van der Waals surface area contributed by atoms with E-state index in [1.807, 2.05) is 0 Å². The van der Waals surface area contributed by atoms with Crippen molar-refractivity contribution in [2.24, 2.45) is 35.7 Å². The third kappa shape index (κ3) is 19.0. The smallest absolute Gasteiger partial charge is 0.333 e. The highest BCUT2D eigenvalue weighted by molar-refractivity contribution is 6.32. The lowest BCUT2D eigenvalue weighted by Gasteiger charge is -2.41. The normalized spacial score (nSPS) is 32.7. The maximum Gasteiger partial charge on any atom is 0.333 e. The van der Waals surface area contributed by atoms with Gasteiger partial charge in [-0.2, -0.15) is 0 Å². The predicted molar refractivity (Wildman–Crippen MR) is 441 cm³/mol. The van der Waals surface area contributed by atoms with Crippen molar-refractivity contribution in [3.05, 3.63) is 176 Å². The Morgan fingerprint density at radius 3 is 1.65 bits per heavy atom. The summed E-state index contributed by atoms with van der Waals surface area (Å²) in [6.45, 7) is 0.864. The molecule has 0 spiro atoms. The molecule has 0 aliphatic carbocycles. The lowest BCUT2D eigenvalue weighted by atomic mass is 9.90. The Morgan fingerprint density at radius 1 is 0.504 bits per heavy atom. The summed E-state index contributed by atoms with van der Waals surface area (Å²) in [5.74, 6) is -15.1. The molecule has 42 nitrogen and oxygen atoms in total. The van der Waals surface area contributed by atoms with Gasteiger partial charge in [0.25, 0.3) is 0 Å². The van der Waals surface area contributed by atoms with Crippen LogP contribution in [0.2, 0.25) is 10.0 Å². The molecule has 19 unspecified atom stereocenters. The number of fused-ring (bicyclic) bond motifs is 12. The van der Waals surface area contributed by atoms with Crippen LogP contribution < -0.4 is 30.0 Å². The second kappa shape index (κ2) is 38.1. The number of ether oxygens (including phenoxy) is 10. The standard InChI is InChI=1S/C83H90Cl2N8O34/c1-28-61(100)43(86)25-52(118-28)125-72-34-10-17-47(42(85)20-34)122-49-22-35-21-48(73(49)127-83-70(109)67(106)64(103)51(27-95)124-83)120-37-13-6-31(7-14-37)71(126-82-69(108)66(105)63(102)50(26-94)123-82)59(92-74(110)54(87-3)30-4-11-38(12-5-30)121-81-68(107)65(104)62(101)29(2)119-81)78(114)89-56(33-9-16-45(98)41(84)19-33)75(111)90-57(35)77(113)88-55-32-8-15-44(97)39(18-32)53-40(23-36(96)24-46(53)99)58(80(116)117)91-79(115)60(72)93-76(55)112/h4-24,28-29,43,50-52,54-72,81-83,87,94-109H,25-27,86H2,1-3H3,(H,88,113)(H,89,114)(H,90,111)(H,91,115)(H,92,110)(H,93,112)(H,116,117)/t28?,29?,43?,50?,51?,52?,54-,55-,56+,57-,58-,59-,60+,61?,62?,63?,64?,65?,66?,67?,68?,69?,70?,71-,72-,81?,82?,83?/m1/s1. The number of hydrogen-bond acceptors (Lipinski definition) is 35. The summed E-state index contributed by atoms with van der Waals surface area (Å²) in [6.07, 6.45) is -36.1. The number of nitrogens with one attached hydrogen (secondary N) is 1. The summed E-state index contributed by atoms with van der Waals surface area (Å²) in [5.41, 5.74) is 3.39. The van der Waals surface area contributed by atoms with Crippen molar-refractivity contribution < 1.29 is 170 Å². The molecular weight excluding hydrogens is 1720 g/mol. The molecule has 680 valence electrons. The molecule has 4 saturated heterocycles. The van der Waals surface area contributed by atoms with Gasteiger partial charge in [0.2, 0.25) is 53.7 Å². The number of hydrogen-bond donors (Lipinski definition) is 25. The molecule has 9 aliphatic heterocycles. The Balaban J connectivity index is 1.04. The number of phenolic OH excluding ortho intramolecular Hbond substituents is 4. The highest BCUT2D eigenvalue weighted by atomic mass is 35.5. The Morgan fingerprint density at radius 2 is 1.05 bits per heavy atom. The molecule has 0 radical (unpaired) electrons. The van der Waals surface area contributed by atoms with Gasteiger partial charge in [-0.1, -0.05) is 65.7 Å². The molecule has 28 atom stereocenters. The quantitative estimate of drug-likeness (QED) is 0.0487. The van der Waals surface area contributed by atoms with Crippen molar-refractivity contribution in [3.8, 4) is 68.6 Å². The van der Waals surface area contributed by atoms with Gasteiger partial charge in [0.1, 0.15) is 126 Å². The van der Waals surface area contributed by atoms with Crippen LogP contribution in [0.5, 0.6) is 57.5 Å². The minimum atomic E-state index is -2.45. The number of rotatable bonds is 16. The number of carbonyl (C=O) groups is 1. The molecular formula is C83H90Cl2N8O34. The summed E-state index contributed by atoms with van der Waals surface area (Å²) < 4.78 is 62.5. The van der Waals surface area contributed by atoms with Gasteiger partial charge in [-0.25, -0.2) is 34.7 Å². The van der Waals surface area contributed by atoms with Crippen LogP contribution in [0.4, 0.5) is 0 Å². The van der Waals surface area contributed by atoms with Crippen LogP contribution in [0.25, 0.3) is 11.1 Å². The molecule has 127 heavy (non-hydrogen) atoms. The molecule has 9 aliphatic rings. The van der Waals surface area contributed by atoms with Crippen LogP contribution in [0, 0.1) is 0 Å². The van der Waals surface area contributed by atoms with Crippen LogP contribution in [-0.4, -0.2) is 308 Å². The van der Waals surface area contributed by atoms with E-state index in [0.717, 1.165) is 66.7 Å². The Labute approximate surface area is 728 Å². The fourth-order valence-electron chi connectivity index (χ4n) is 15.4. The van der Waals surface area contributed by atoms with Crippen molar-refractivity contribution in [2.45, 2.75) is 191 Å². The average molecular weight is 1810 g/mol. The highest BCUT2D eigenvalue weighted by Gasteiger charge is 2.50. The molecule has 44 heteroatoms. The summed E-state index contributed by atoms with van der Waals surface area (Å²) in [6, 6.07) is 7.32. The molecule has 9 heterocycles. The molecule has 4 fully saturated rings. The van der Waals surface area contributed by atoms with Crippen molar-refractivity contribution in [1.29, 1.82) is 0 Å². The monoisotopic (exact) mass is 1810 g/mol. The molecule has 7 aromatic rings. The van der Waals surface area contributed by atoms with Crippen LogP contribution >= 0.6 is 23.2 Å². The molecule has 11 bridgehead atoms. The number of nitrogens with zero attached hydrogens (tertiary/aromatic N) is 6.